The van der Waals surface area contributed by atoms with Crippen molar-refractivity contribution >= 4 is 40.2 Å². The summed E-state index contributed by atoms with van der Waals surface area (Å²) in [5.74, 6) is -0.996. The normalized spacial score (nSPS) is 16.4. The van der Waals surface area contributed by atoms with E-state index in [0.717, 1.165) is 11.8 Å². The Hall–Kier alpha value is -3.59. The van der Waals surface area contributed by atoms with E-state index in [0.29, 0.717) is 10.5 Å². The Morgan fingerprint density at radius 2 is 2.00 bits per heavy atom. The molecule has 0 amide bonds. The number of nitrogens with zero attached hydrogens (tertiary/aromatic N) is 2. The highest BCUT2D eigenvalue weighted by Gasteiger charge is 2.33. The zero-order chi connectivity index (χ0) is 21.0. The van der Waals surface area contributed by atoms with Gasteiger partial charge in [0.1, 0.15) is 22.1 Å². The van der Waals surface area contributed by atoms with Gasteiger partial charge in [-0.1, -0.05) is 30.0 Å². The number of aliphatic hydroxyl groups excluding tert-OH is 1. The standard InChI is InChI=1S/C20H16N2O6S/c1-2-28-20(25)17-18(24)16(10-12-5-3-8-15(23)9-12)29-19(17)21-13-6-4-7-14(11-13)22(26)27/h3-11,23-24H,2H2,1H3. The molecule has 148 valence electrons. The van der Waals surface area contributed by atoms with Crippen LogP contribution >= 0.6 is 11.8 Å². The van der Waals surface area contributed by atoms with E-state index in [1.807, 2.05) is 0 Å². The van der Waals surface area contributed by atoms with E-state index in [4.69, 9.17) is 4.74 Å². The second-order valence-electron chi connectivity index (χ2n) is 5.84. The highest BCUT2D eigenvalue weighted by molar-refractivity contribution is 8.18. The van der Waals surface area contributed by atoms with Crippen LogP contribution in [0, 0.1) is 10.1 Å². The first-order chi connectivity index (χ1) is 13.9. The number of ether oxygens (including phenoxy) is 1. The van der Waals surface area contributed by atoms with Crippen molar-refractivity contribution in [3.05, 3.63) is 80.4 Å². The number of rotatable bonds is 5. The van der Waals surface area contributed by atoms with E-state index in [-0.39, 0.29) is 40.1 Å². The summed E-state index contributed by atoms with van der Waals surface area (Å²) in [5, 5.41) is 31.4. The van der Waals surface area contributed by atoms with Gasteiger partial charge in [-0.2, -0.15) is 0 Å². The fourth-order valence-electron chi connectivity index (χ4n) is 2.55. The molecule has 0 aliphatic carbocycles. The van der Waals surface area contributed by atoms with Crippen molar-refractivity contribution in [1.29, 1.82) is 0 Å². The molecule has 0 saturated carbocycles. The molecule has 2 aromatic rings. The van der Waals surface area contributed by atoms with Gasteiger partial charge in [-0.05, 0) is 36.8 Å². The number of aliphatic hydroxyl groups is 1. The zero-order valence-electron chi connectivity index (χ0n) is 15.2. The number of phenolic OH excluding ortho intramolecular Hbond substituents is 1. The number of hydrogen-bond donors (Lipinski definition) is 2. The number of aliphatic imine (C=N–C) groups is 1. The summed E-state index contributed by atoms with van der Waals surface area (Å²) in [6.07, 6.45) is 1.59. The number of carbonyl (C=O) groups is 1. The van der Waals surface area contributed by atoms with Crippen LogP contribution in [0.3, 0.4) is 0 Å². The Morgan fingerprint density at radius 1 is 1.24 bits per heavy atom. The average molecular weight is 412 g/mol. The Kier molecular flexibility index (Phi) is 5.99. The molecule has 0 radical (unpaired) electrons. The molecule has 9 heteroatoms. The van der Waals surface area contributed by atoms with E-state index >= 15 is 0 Å². The number of aromatic hydroxyl groups is 1. The molecule has 2 aromatic carbocycles. The zero-order valence-corrected chi connectivity index (χ0v) is 16.0. The molecule has 1 aliphatic rings. The summed E-state index contributed by atoms with van der Waals surface area (Å²) < 4.78 is 5.02. The van der Waals surface area contributed by atoms with Crippen LogP contribution in [0.4, 0.5) is 11.4 Å². The van der Waals surface area contributed by atoms with Crippen molar-refractivity contribution in [1.82, 2.24) is 0 Å². The van der Waals surface area contributed by atoms with Gasteiger partial charge in [-0.25, -0.2) is 9.79 Å². The van der Waals surface area contributed by atoms with Gasteiger partial charge in [0.25, 0.3) is 5.69 Å². The molecule has 0 spiro atoms. The number of thioether (sulfide) groups is 1. The number of hydrogen-bond acceptors (Lipinski definition) is 8. The Morgan fingerprint density at radius 3 is 2.69 bits per heavy atom. The van der Waals surface area contributed by atoms with E-state index in [9.17, 15) is 25.1 Å². The monoisotopic (exact) mass is 412 g/mol. The van der Waals surface area contributed by atoms with Crippen LogP contribution < -0.4 is 0 Å². The Labute approximate surface area is 170 Å². The van der Waals surface area contributed by atoms with Crippen molar-refractivity contribution < 1.29 is 24.7 Å². The van der Waals surface area contributed by atoms with Gasteiger partial charge in [0.05, 0.1) is 22.1 Å². The fraction of sp³-hybridized carbons (Fsp3) is 0.100. The second-order valence-corrected chi connectivity index (χ2v) is 6.87. The minimum Gasteiger partial charge on any atom is -0.508 e. The van der Waals surface area contributed by atoms with E-state index < -0.39 is 10.9 Å². The molecule has 2 N–H and O–H groups in total. The van der Waals surface area contributed by atoms with Crippen LogP contribution in [0.2, 0.25) is 0 Å². The lowest BCUT2D eigenvalue weighted by Crippen LogP contribution is -2.12. The molecule has 0 unspecified atom stereocenters. The molecule has 8 nitrogen and oxygen atoms in total. The van der Waals surface area contributed by atoms with Crippen molar-refractivity contribution in [2.45, 2.75) is 6.92 Å². The highest BCUT2D eigenvalue weighted by atomic mass is 32.2. The van der Waals surface area contributed by atoms with Crippen LogP contribution in [-0.4, -0.2) is 32.8 Å². The summed E-state index contributed by atoms with van der Waals surface area (Å²) in [6, 6.07) is 12.0. The predicted octanol–water partition coefficient (Wildman–Crippen LogP) is 4.49. The largest absolute Gasteiger partial charge is 0.508 e. The number of phenols is 1. The molecular weight excluding hydrogens is 396 g/mol. The molecule has 1 heterocycles. The lowest BCUT2D eigenvalue weighted by Gasteiger charge is -2.03. The Bertz CT molecular complexity index is 1070. The average Bonchev–Trinajstić information content (AvgIpc) is 2.97. The second kappa shape index (κ2) is 8.61. The molecule has 0 fully saturated rings. The molecule has 0 aromatic heterocycles. The van der Waals surface area contributed by atoms with Crippen LogP contribution in [-0.2, 0) is 9.53 Å². The topological polar surface area (TPSA) is 122 Å². The molecule has 1 aliphatic heterocycles. The summed E-state index contributed by atoms with van der Waals surface area (Å²) in [7, 11) is 0. The first-order valence-corrected chi connectivity index (χ1v) is 9.33. The maximum absolute atomic E-state index is 12.4. The van der Waals surface area contributed by atoms with Crippen LogP contribution in [0.15, 0.2) is 69.8 Å². The van der Waals surface area contributed by atoms with E-state index in [2.05, 4.69) is 4.99 Å². The summed E-state index contributed by atoms with van der Waals surface area (Å²) >= 11 is 1.03. The fourth-order valence-corrected chi connectivity index (χ4v) is 3.59. The number of esters is 1. The van der Waals surface area contributed by atoms with Crippen LogP contribution in [0.25, 0.3) is 6.08 Å². The van der Waals surface area contributed by atoms with Gasteiger partial charge in [-0.15, -0.1) is 0 Å². The third kappa shape index (κ3) is 4.64. The summed E-state index contributed by atoms with van der Waals surface area (Å²) in [5.41, 5.74) is 0.611. The maximum Gasteiger partial charge on any atom is 0.344 e. The maximum atomic E-state index is 12.4. The third-order valence-electron chi connectivity index (χ3n) is 3.81. The number of benzene rings is 2. The van der Waals surface area contributed by atoms with Crippen LogP contribution in [0.1, 0.15) is 12.5 Å². The van der Waals surface area contributed by atoms with Gasteiger partial charge in [0.15, 0.2) is 0 Å². The van der Waals surface area contributed by atoms with Gasteiger partial charge >= 0.3 is 5.97 Å². The Balaban J connectivity index is 2.06. The van der Waals surface area contributed by atoms with E-state index in [1.165, 1.54) is 30.3 Å². The van der Waals surface area contributed by atoms with Crippen molar-refractivity contribution in [3.8, 4) is 5.75 Å². The van der Waals surface area contributed by atoms with Crippen molar-refractivity contribution in [2.75, 3.05) is 6.61 Å². The molecular formula is C20H16N2O6S. The quantitative estimate of drug-likeness (QED) is 0.421. The third-order valence-corrected chi connectivity index (χ3v) is 4.83. The molecule has 3 rings (SSSR count). The summed E-state index contributed by atoms with van der Waals surface area (Å²) in [6.45, 7) is 1.74. The predicted molar refractivity (Wildman–Crippen MR) is 110 cm³/mol. The summed E-state index contributed by atoms with van der Waals surface area (Å²) in [4.78, 5) is 27.5. The van der Waals surface area contributed by atoms with Crippen molar-refractivity contribution in [2.24, 2.45) is 4.99 Å². The molecule has 29 heavy (non-hydrogen) atoms. The van der Waals surface area contributed by atoms with Gasteiger partial charge < -0.3 is 14.9 Å². The smallest absolute Gasteiger partial charge is 0.344 e. The number of carbonyl (C=O) groups excluding carboxylic acids is 1. The first-order valence-electron chi connectivity index (χ1n) is 8.52. The molecule has 0 saturated heterocycles. The number of nitro benzene ring substituents is 1. The van der Waals surface area contributed by atoms with E-state index in [1.54, 1.807) is 31.2 Å². The van der Waals surface area contributed by atoms with Gasteiger partial charge in [0.2, 0.25) is 0 Å². The number of non-ortho nitro benzene ring substituents is 1. The van der Waals surface area contributed by atoms with Gasteiger partial charge in [0, 0.05) is 12.1 Å². The lowest BCUT2D eigenvalue weighted by atomic mass is 10.1. The lowest BCUT2D eigenvalue weighted by molar-refractivity contribution is -0.384. The molecule has 0 atom stereocenters. The molecule has 0 bridgehead atoms. The van der Waals surface area contributed by atoms with Crippen LogP contribution in [0.5, 0.6) is 5.75 Å². The SMILES string of the molecule is CCOC(=O)C1=C(O)C(=Cc2cccc(O)c2)SC1=Nc1cccc([N+](=O)[O-])c1. The highest BCUT2D eigenvalue weighted by Crippen LogP contribution is 2.40. The van der Waals surface area contributed by atoms with Gasteiger partial charge in [-0.3, -0.25) is 10.1 Å². The minimum atomic E-state index is -0.749. The van der Waals surface area contributed by atoms with Crippen molar-refractivity contribution in [3.63, 3.8) is 0 Å². The number of nitro groups is 1. The first kappa shape index (κ1) is 20.2. The minimum absolute atomic E-state index is 0.0573.